The second-order valence-electron chi connectivity index (χ2n) is 5.16. The van der Waals surface area contributed by atoms with Gasteiger partial charge in [-0.15, -0.1) is 0 Å². The van der Waals surface area contributed by atoms with E-state index in [1.54, 1.807) is 7.05 Å². The van der Waals surface area contributed by atoms with E-state index >= 15 is 0 Å². The topological polar surface area (TPSA) is 52.6 Å². The van der Waals surface area contributed by atoms with Crippen molar-refractivity contribution in [1.82, 2.24) is 10.2 Å². The lowest BCUT2D eigenvalue weighted by Gasteiger charge is -2.25. The number of benzene rings is 1. The van der Waals surface area contributed by atoms with E-state index in [1.807, 2.05) is 26.0 Å². The van der Waals surface area contributed by atoms with Crippen molar-refractivity contribution in [3.05, 3.63) is 34.3 Å². The third-order valence-electron chi connectivity index (χ3n) is 3.39. The number of amides is 2. The minimum absolute atomic E-state index is 0.0306. The van der Waals surface area contributed by atoms with Gasteiger partial charge in [0, 0.05) is 17.6 Å². The molecular formula is C15H23BrN2O2. The number of aliphatic hydroxyl groups is 1. The van der Waals surface area contributed by atoms with Crippen LogP contribution in [0.3, 0.4) is 0 Å². The van der Waals surface area contributed by atoms with Gasteiger partial charge in [-0.05, 0) is 44.4 Å². The van der Waals surface area contributed by atoms with Gasteiger partial charge < -0.3 is 15.3 Å². The van der Waals surface area contributed by atoms with Crippen LogP contribution in [0.15, 0.2) is 28.7 Å². The smallest absolute Gasteiger partial charge is 0.317 e. The molecule has 0 heterocycles. The minimum Gasteiger partial charge on any atom is -0.394 e. The fraction of sp³-hybridized carbons (Fsp3) is 0.533. The molecule has 2 atom stereocenters. The average molecular weight is 343 g/mol. The normalized spacial score (nSPS) is 13.7. The number of halogens is 1. The van der Waals surface area contributed by atoms with Crippen LogP contribution in [0.4, 0.5) is 4.79 Å². The number of hydrogen-bond acceptors (Lipinski definition) is 2. The van der Waals surface area contributed by atoms with Crippen molar-refractivity contribution in [3.63, 3.8) is 0 Å². The summed E-state index contributed by atoms with van der Waals surface area (Å²) in [6, 6.07) is 7.99. The Bertz CT molecular complexity index is 422. The van der Waals surface area contributed by atoms with Crippen molar-refractivity contribution < 1.29 is 9.90 Å². The predicted octanol–water partition coefficient (Wildman–Crippen LogP) is 2.79. The Morgan fingerprint density at radius 3 is 2.50 bits per heavy atom. The highest BCUT2D eigenvalue weighted by molar-refractivity contribution is 9.10. The summed E-state index contributed by atoms with van der Waals surface area (Å²) in [6.07, 6.45) is 1.81. The Labute approximate surface area is 129 Å². The molecule has 1 rings (SSSR count). The first-order chi connectivity index (χ1) is 9.43. The van der Waals surface area contributed by atoms with E-state index in [4.69, 9.17) is 5.11 Å². The Kier molecular flexibility index (Phi) is 7.02. The molecule has 0 saturated carbocycles. The van der Waals surface area contributed by atoms with Gasteiger partial charge in [0.15, 0.2) is 0 Å². The summed E-state index contributed by atoms with van der Waals surface area (Å²) in [4.78, 5) is 13.4. The van der Waals surface area contributed by atoms with Gasteiger partial charge >= 0.3 is 6.03 Å². The Hall–Kier alpha value is -1.07. The lowest BCUT2D eigenvalue weighted by atomic mass is 10.1. The number of nitrogens with zero attached hydrogens (tertiary/aromatic N) is 1. The van der Waals surface area contributed by atoms with Gasteiger partial charge in [-0.1, -0.05) is 28.1 Å². The summed E-state index contributed by atoms with van der Waals surface area (Å²) < 4.78 is 1.07. The molecule has 0 spiro atoms. The molecule has 5 heteroatoms. The van der Waals surface area contributed by atoms with Gasteiger partial charge in [0.25, 0.3) is 0 Å². The van der Waals surface area contributed by atoms with Crippen molar-refractivity contribution in [2.24, 2.45) is 0 Å². The third kappa shape index (κ3) is 5.51. The maximum atomic E-state index is 11.9. The lowest BCUT2D eigenvalue weighted by molar-refractivity contribution is 0.155. The second kappa shape index (κ2) is 8.27. The summed E-state index contributed by atoms with van der Waals surface area (Å²) in [5.74, 6) is 0. The number of carbonyl (C=O) groups is 1. The molecule has 0 fully saturated rings. The Balaban J connectivity index is 2.38. The first-order valence-corrected chi connectivity index (χ1v) is 7.62. The number of likely N-dealkylation sites (N-methyl/N-ethyl adjacent to an activating group) is 1. The first kappa shape index (κ1) is 17.0. The molecule has 0 aromatic heterocycles. The van der Waals surface area contributed by atoms with E-state index in [9.17, 15) is 4.79 Å². The average Bonchev–Trinajstić information content (AvgIpc) is 2.44. The van der Waals surface area contributed by atoms with Gasteiger partial charge in [0.1, 0.15) is 0 Å². The quantitative estimate of drug-likeness (QED) is 0.835. The van der Waals surface area contributed by atoms with Crippen LogP contribution < -0.4 is 5.32 Å². The third-order valence-corrected chi connectivity index (χ3v) is 3.92. The van der Waals surface area contributed by atoms with E-state index in [2.05, 4.69) is 33.4 Å². The summed E-state index contributed by atoms with van der Waals surface area (Å²) in [7, 11) is 1.69. The number of urea groups is 1. The molecule has 0 aliphatic heterocycles. The summed E-state index contributed by atoms with van der Waals surface area (Å²) in [6.45, 7) is 3.78. The monoisotopic (exact) mass is 342 g/mol. The highest BCUT2D eigenvalue weighted by Gasteiger charge is 2.16. The van der Waals surface area contributed by atoms with Crippen molar-refractivity contribution in [2.45, 2.75) is 38.8 Å². The van der Waals surface area contributed by atoms with Crippen molar-refractivity contribution >= 4 is 22.0 Å². The zero-order valence-corrected chi connectivity index (χ0v) is 13.9. The van der Waals surface area contributed by atoms with E-state index in [0.717, 1.165) is 17.3 Å². The molecular weight excluding hydrogens is 320 g/mol. The van der Waals surface area contributed by atoms with Gasteiger partial charge in [-0.25, -0.2) is 4.79 Å². The van der Waals surface area contributed by atoms with Crippen molar-refractivity contribution in [1.29, 1.82) is 0 Å². The fourth-order valence-electron chi connectivity index (χ4n) is 1.74. The van der Waals surface area contributed by atoms with Crippen LogP contribution in [-0.4, -0.2) is 41.8 Å². The lowest BCUT2D eigenvalue weighted by Crippen LogP contribution is -2.46. The number of aryl methyl sites for hydroxylation is 1. The van der Waals surface area contributed by atoms with Crippen LogP contribution in [-0.2, 0) is 6.42 Å². The molecule has 0 saturated heterocycles. The maximum Gasteiger partial charge on any atom is 0.317 e. The standard InChI is InChI=1S/C15H23BrN2O2/c1-11(17-15(20)18(3)12(2)10-19)4-5-13-6-8-14(16)9-7-13/h6-9,11-12,19H,4-5,10H2,1-3H3,(H,17,20)/t11-,12-/m0/s1. The predicted molar refractivity (Wildman–Crippen MR) is 84.8 cm³/mol. The number of carbonyl (C=O) groups excluding carboxylic acids is 1. The van der Waals surface area contributed by atoms with E-state index in [1.165, 1.54) is 10.5 Å². The number of rotatable bonds is 6. The maximum absolute atomic E-state index is 11.9. The van der Waals surface area contributed by atoms with Crippen LogP contribution in [0.1, 0.15) is 25.8 Å². The zero-order valence-electron chi connectivity index (χ0n) is 12.3. The minimum atomic E-state index is -0.173. The zero-order chi connectivity index (χ0) is 15.1. The van der Waals surface area contributed by atoms with Crippen LogP contribution in [0, 0.1) is 0 Å². The molecule has 0 unspecified atom stereocenters. The molecule has 1 aromatic rings. The summed E-state index contributed by atoms with van der Waals surface area (Å²) in [5.41, 5.74) is 1.26. The first-order valence-electron chi connectivity index (χ1n) is 6.82. The number of aliphatic hydroxyl groups excluding tert-OH is 1. The van der Waals surface area contributed by atoms with Crippen LogP contribution >= 0.6 is 15.9 Å². The summed E-state index contributed by atoms with van der Waals surface area (Å²) in [5, 5.41) is 12.0. The van der Waals surface area contributed by atoms with Gasteiger partial charge in [-0.2, -0.15) is 0 Å². The van der Waals surface area contributed by atoms with Gasteiger partial charge in [0.05, 0.1) is 12.6 Å². The number of nitrogens with one attached hydrogen (secondary N) is 1. The summed E-state index contributed by atoms with van der Waals surface area (Å²) >= 11 is 3.41. The molecule has 0 aliphatic carbocycles. The molecule has 0 aliphatic rings. The SMILES string of the molecule is C[C@@H](CCc1ccc(Br)cc1)NC(=O)N(C)[C@@H](C)CO. The second-order valence-corrected chi connectivity index (χ2v) is 6.07. The molecule has 20 heavy (non-hydrogen) atoms. The molecule has 0 radical (unpaired) electrons. The van der Waals surface area contributed by atoms with Crippen LogP contribution in [0.25, 0.3) is 0 Å². The van der Waals surface area contributed by atoms with Crippen molar-refractivity contribution in [3.8, 4) is 0 Å². The molecule has 2 amide bonds. The Morgan fingerprint density at radius 1 is 1.35 bits per heavy atom. The van der Waals surface area contributed by atoms with Gasteiger partial charge in [0.2, 0.25) is 0 Å². The van der Waals surface area contributed by atoms with E-state index in [-0.39, 0.29) is 24.7 Å². The Morgan fingerprint density at radius 2 is 1.95 bits per heavy atom. The van der Waals surface area contributed by atoms with E-state index in [0.29, 0.717) is 0 Å². The van der Waals surface area contributed by atoms with Gasteiger partial charge in [-0.3, -0.25) is 0 Å². The molecule has 112 valence electrons. The largest absolute Gasteiger partial charge is 0.394 e. The molecule has 1 aromatic carbocycles. The highest BCUT2D eigenvalue weighted by atomic mass is 79.9. The van der Waals surface area contributed by atoms with Crippen LogP contribution in [0.5, 0.6) is 0 Å². The fourth-order valence-corrected chi connectivity index (χ4v) is 2.01. The molecule has 0 bridgehead atoms. The van der Waals surface area contributed by atoms with E-state index < -0.39 is 0 Å². The highest BCUT2D eigenvalue weighted by Crippen LogP contribution is 2.12. The molecule has 4 nitrogen and oxygen atoms in total. The molecule has 2 N–H and O–H groups in total. The number of hydrogen-bond donors (Lipinski definition) is 2. The van der Waals surface area contributed by atoms with Crippen LogP contribution in [0.2, 0.25) is 0 Å². The van der Waals surface area contributed by atoms with Crippen molar-refractivity contribution in [2.75, 3.05) is 13.7 Å².